The maximum absolute atomic E-state index is 4.23. The zero-order valence-corrected chi connectivity index (χ0v) is 8.25. The second-order valence-corrected chi connectivity index (χ2v) is 3.38. The van der Waals surface area contributed by atoms with Crippen LogP contribution in [-0.4, -0.2) is 12.9 Å². The molecule has 0 saturated heterocycles. The van der Waals surface area contributed by atoms with Crippen LogP contribution < -0.4 is 5.32 Å². The van der Waals surface area contributed by atoms with Crippen molar-refractivity contribution in [3.63, 3.8) is 0 Å². The Morgan fingerprint density at radius 3 is 3.00 bits per heavy atom. The van der Waals surface area contributed by atoms with Gasteiger partial charge in [0, 0.05) is 6.21 Å². The summed E-state index contributed by atoms with van der Waals surface area (Å²) in [5.74, 6) is 0.493. The third-order valence-corrected chi connectivity index (χ3v) is 1.86. The zero-order chi connectivity index (χ0) is 9.68. The maximum Gasteiger partial charge on any atom is 0.107 e. The van der Waals surface area contributed by atoms with Crippen LogP contribution in [0, 0.1) is 5.92 Å². The number of aliphatic imine (C=N–C) groups is 1. The van der Waals surface area contributed by atoms with E-state index in [4.69, 9.17) is 0 Å². The normalized spacial score (nSPS) is 19.9. The second kappa shape index (κ2) is 4.65. The predicted molar refractivity (Wildman–Crippen MR) is 57.7 cm³/mol. The van der Waals surface area contributed by atoms with E-state index in [9.17, 15) is 0 Å². The van der Waals surface area contributed by atoms with Crippen LogP contribution in [0.2, 0.25) is 0 Å². The Hall–Kier alpha value is -1.31. The van der Waals surface area contributed by atoms with Crippen molar-refractivity contribution in [3.8, 4) is 0 Å². The average molecular weight is 176 g/mol. The van der Waals surface area contributed by atoms with E-state index in [0.29, 0.717) is 12.6 Å². The molecule has 0 aromatic rings. The molecule has 0 atom stereocenters. The van der Waals surface area contributed by atoms with Crippen molar-refractivity contribution in [1.82, 2.24) is 5.32 Å². The van der Waals surface area contributed by atoms with Crippen LogP contribution in [0.1, 0.15) is 13.8 Å². The summed E-state index contributed by atoms with van der Waals surface area (Å²) in [7, 11) is 0. The molecule has 1 rings (SSSR count). The minimum absolute atomic E-state index is 0.493. The smallest absolute Gasteiger partial charge is 0.107 e. The van der Waals surface area contributed by atoms with Crippen LogP contribution in [0.3, 0.4) is 0 Å². The Morgan fingerprint density at radius 1 is 1.54 bits per heavy atom. The average Bonchev–Trinajstić information content (AvgIpc) is 2.16. The Bertz CT molecular complexity index is 270. The first-order chi connectivity index (χ1) is 6.20. The molecular formula is C11H16N2. The van der Waals surface area contributed by atoms with Crippen LogP contribution in [0.5, 0.6) is 0 Å². The monoisotopic (exact) mass is 176 g/mol. The third kappa shape index (κ3) is 3.28. The summed E-state index contributed by atoms with van der Waals surface area (Å²) in [6, 6.07) is 0. The SMILES string of the molecule is C=C1C=C(C(C)C)C=NCN/C=C\1. The maximum atomic E-state index is 4.23. The summed E-state index contributed by atoms with van der Waals surface area (Å²) in [5, 5.41) is 3.04. The molecule has 0 unspecified atom stereocenters. The number of nitrogens with one attached hydrogen (secondary N) is 1. The van der Waals surface area contributed by atoms with Gasteiger partial charge in [0.1, 0.15) is 6.67 Å². The molecule has 1 aliphatic heterocycles. The summed E-state index contributed by atoms with van der Waals surface area (Å²) < 4.78 is 0. The molecule has 13 heavy (non-hydrogen) atoms. The first kappa shape index (κ1) is 9.78. The molecule has 2 heteroatoms. The highest BCUT2D eigenvalue weighted by molar-refractivity contribution is 5.80. The first-order valence-electron chi connectivity index (χ1n) is 4.50. The predicted octanol–water partition coefficient (Wildman–Crippen LogP) is 2.27. The van der Waals surface area contributed by atoms with Gasteiger partial charge in [-0.3, -0.25) is 4.99 Å². The molecule has 2 nitrogen and oxygen atoms in total. The molecule has 0 spiro atoms. The minimum atomic E-state index is 0.493. The summed E-state index contributed by atoms with van der Waals surface area (Å²) >= 11 is 0. The van der Waals surface area contributed by atoms with Gasteiger partial charge in [-0.25, -0.2) is 0 Å². The van der Waals surface area contributed by atoms with Gasteiger partial charge in [0.25, 0.3) is 0 Å². The van der Waals surface area contributed by atoms with Gasteiger partial charge in [-0.2, -0.15) is 0 Å². The van der Waals surface area contributed by atoms with Crippen molar-refractivity contribution in [2.75, 3.05) is 6.67 Å². The number of allylic oxidation sites excluding steroid dienone is 4. The van der Waals surface area contributed by atoms with E-state index < -0.39 is 0 Å². The molecule has 1 N–H and O–H groups in total. The van der Waals surface area contributed by atoms with Gasteiger partial charge in [-0.05, 0) is 29.3 Å². The highest BCUT2D eigenvalue weighted by Crippen LogP contribution is 2.11. The fourth-order valence-electron chi connectivity index (χ4n) is 1.04. The molecule has 1 aliphatic rings. The standard InChI is InChI=1S/C11H16N2/c1-9(2)11-6-10(3)4-5-12-8-13-7-11/h4-7,9,12H,3,8H2,1-2H3/b5-4-,11-6?,13-7?. The topological polar surface area (TPSA) is 24.4 Å². The van der Waals surface area contributed by atoms with Crippen molar-refractivity contribution in [1.29, 1.82) is 0 Å². The highest BCUT2D eigenvalue weighted by atomic mass is 15.0. The Balaban J connectivity index is 2.87. The van der Waals surface area contributed by atoms with Gasteiger partial charge in [0.2, 0.25) is 0 Å². The summed E-state index contributed by atoms with van der Waals surface area (Å²) in [4.78, 5) is 4.23. The summed E-state index contributed by atoms with van der Waals surface area (Å²) in [6.45, 7) is 8.86. The number of hydrogen-bond acceptors (Lipinski definition) is 2. The van der Waals surface area contributed by atoms with E-state index in [1.807, 2.05) is 18.5 Å². The lowest BCUT2D eigenvalue weighted by atomic mass is 10.0. The molecule has 0 saturated carbocycles. The van der Waals surface area contributed by atoms with Crippen LogP contribution >= 0.6 is 0 Å². The van der Waals surface area contributed by atoms with E-state index in [1.165, 1.54) is 5.57 Å². The molecular weight excluding hydrogens is 160 g/mol. The van der Waals surface area contributed by atoms with Crippen LogP contribution in [0.25, 0.3) is 0 Å². The van der Waals surface area contributed by atoms with Gasteiger partial charge < -0.3 is 5.32 Å². The van der Waals surface area contributed by atoms with Gasteiger partial charge in [-0.1, -0.05) is 26.5 Å². The fourth-order valence-corrected chi connectivity index (χ4v) is 1.04. The molecule has 0 amide bonds. The van der Waals surface area contributed by atoms with E-state index in [2.05, 4.69) is 36.8 Å². The molecule has 0 aliphatic carbocycles. The number of rotatable bonds is 1. The van der Waals surface area contributed by atoms with Crippen LogP contribution in [-0.2, 0) is 0 Å². The van der Waals surface area contributed by atoms with E-state index in [-0.39, 0.29) is 0 Å². The first-order valence-corrected chi connectivity index (χ1v) is 4.50. The summed E-state index contributed by atoms with van der Waals surface area (Å²) in [5.41, 5.74) is 2.22. The lowest BCUT2D eigenvalue weighted by Crippen LogP contribution is -2.04. The van der Waals surface area contributed by atoms with Crippen molar-refractivity contribution in [3.05, 3.63) is 36.1 Å². The van der Waals surface area contributed by atoms with Gasteiger partial charge in [0.05, 0.1) is 0 Å². The van der Waals surface area contributed by atoms with Crippen LogP contribution in [0.15, 0.2) is 41.1 Å². The zero-order valence-electron chi connectivity index (χ0n) is 8.25. The highest BCUT2D eigenvalue weighted by Gasteiger charge is 2.00. The number of hydrogen-bond donors (Lipinski definition) is 1. The lowest BCUT2D eigenvalue weighted by Gasteiger charge is -2.04. The molecule has 0 aromatic heterocycles. The van der Waals surface area contributed by atoms with Crippen molar-refractivity contribution in [2.24, 2.45) is 10.9 Å². The van der Waals surface area contributed by atoms with Crippen molar-refractivity contribution >= 4 is 6.21 Å². The van der Waals surface area contributed by atoms with Crippen molar-refractivity contribution in [2.45, 2.75) is 13.8 Å². The van der Waals surface area contributed by atoms with E-state index in [1.54, 1.807) is 0 Å². The second-order valence-electron chi connectivity index (χ2n) is 3.38. The van der Waals surface area contributed by atoms with E-state index >= 15 is 0 Å². The molecule has 0 aromatic carbocycles. The Labute approximate surface area is 79.8 Å². The Morgan fingerprint density at radius 2 is 2.31 bits per heavy atom. The molecule has 70 valence electrons. The minimum Gasteiger partial charge on any atom is -0.372 e. The molecule has 0 fully saturated rings. The summed E-state index contributed by atoms with van der Waals surface area (Å²) in [6.07, 6.45) is 7.81. The quantitative estimate of drug-likeness (QED) is 0.651. The van der Waals surface area contributed by atoms with E-state index in [0.717, 1.165) is 5.57 Å². The lowest BCUT2D eigenvalue weighted by molar-refractivity contribution is 0.803. The third-order valence-electron chi connectivity index (χ3n) is 1.86. The van der Waals surface area contributed by atoms with Gasteiger partial charge in [0.15, 0.2) is 0 Å². The Kier molecular flexibility index (Phi) is 3.50. The molecule has 0 radical (unpaired) electrons. The number of nitrogens with zero attached hydrogens (tertiary/aromatic N) is 1. The molecule has 0 bridgehead atoms. The van der Waals surface area contributed by atoms with Gasteiger partial charge >= 0.3 is 0 Å². The van der Waals surface area contributed by atoms with Gasteiger partial charge in [-0.15, -0.1) is 0 Å². The molecule has 1 heterocycles. The fraction of sp³-hybridized carbons (Fsp3) is 0.364. The largest absolute Gasteiger partial charge is 0.372 e. The van der Waals surface area contributed by atoms with Crippen LogP contribution in [0.4, 0.5) is 0 Å². The van der Waals surface area contributed by atoms with Crippen molar-refractivity contribution < 1.29 is 0 Å².